The van der Waals surface area contributed by atoms with Crippen molar-refractivity contribution in [3.05, 3.63) is 50.9 Å². The average molecular weight is 461 g/mol. The van der Waals surface area contributed by atoms with Crippen molar-refractivity contribution in [1.82, 2.24) is 14.8 Å². The van der Waals surface area contributed by atoms with E-state index in [2.05, 4.69) is 10.1 Å². The van der Waals surface area contributed by atoms with Gasteiger partial charge in [0.1, 0.15) is 5.65 Å². The number of nitrogens with zero attached hydrogens (tertiary/aromatic N) is 1. The number of aromatic nitrogens is 3. The van der Waals surface area contributed by atoms with Crippen molar-refractivity contribution in [2.24, 2.45) is 0 Å². The summed E-state index contributed by atoms with van der Waals surface area (Å²) >= 11 is 0. The van der Waals surface area contributed by atoms with Gasteiger partial charge in [-0.3, -0.25) is 19.4 Å². The number of nitrogens with one attached hydrogen (secondary N) is 2. The lowest BCUT2D eigenvalue weighted by atomic mass is 9.95. The number of pyridine rings is 1. The SMILES string of the molecule is COc1ccc(-c2c3oc4c(O)c(=O)ccc4c3[nH]c3c2c(=O)[nH]n3C2CCCCC2)cc1O. The van der Waals surface area contributed by atoms with E-state index < -0.39 is 11.2 Å². The van der Waals surface area contributed by atoms with Crippen molar-refractivity contribution >= 4 is 33.1 Å². The van der Waals surface area contributed by atoms with Crippen LogP contribution < -0.4 is 15.7 Å². The van der Waals surface area contributed by atoms with Crippen LogP contribution in [0, 0.1) is 0 Å². The standard InChI is InChI=1S/C25H23N3O6/c1-33-17-10-7-12(11-16(17)30)18-19-24(28(27-25(19)32)13-5-3-2-4-6-13)26-20-14-8-9-15(29)21(31)22(14)34-23(18)20/h7-11,13,26,30-31H,2-6H2,1H3,(H,27,32). The normalized spacial score (nSPS) is 15.0. The predicted molar refractivity (Wildman–Crippen MR) is 128 cm³/mol. The molecular formula is C25H23N3O6. The smallest absolute Gasteiger partial charge is 0.274 e. The number of H-pyrrole nitrogens is 2. The third kappa shape index (κ3) is 2.86. The molecular weight excluding hydrogens is 438 g/mol. The Morgan fingerprint density at radius 3 is 2.59 bits per heavy atom. The molecule has 3 heterocycles. The van der Waals surface area contributed by atoms with Crippen molar-refractivity contribution in [3.8, 4) is 28.4 Å². The van der Waals surface area contributed by atoms with Crippen LogP contribution in [0.4, 0.5) is 0 Å². The number of ether oxygens (including phenoxy) is 1. The molecule has 0 unspecified atom stereocenters. The van der Waals surface area contributed by atoms with Crippen LogP contribution in [0.5, 0.6) is 17.2 Å². The van der Waals surface area contributed by atoms with Crippen molar-refractivity contribution in [3.63, 3.8) is 0 Å². The highest BCUT2D eigenvalue weighted by atomic mass is 16.5. The summed E-state index contributed by atoms with van der Waals surface area (Å²) in [5.41, 5.74) is 1.65. The van der Waals surface area contributed by atoms with Gasteiger partial charge in [-0.2, -0.15) is 0 Å². The predicted octanol–water partition coefficient (Wildman–Crippen LogP) is 4.51. The molecule has 0 aliphatic heterocycles. The van der Waals surface area contributed by atoms with E-state index in [0.717, 1.165) is 25.7 Å². The van der Waals surface area contributed by atoms with Crippen LogP contribution in [0.25, 0.3) is 44.2 Å². The molecule has 1 fully saturated rings. The molecule has 4 N–H and O–H groups in total. The van der Waals surface area contributed by atoms with Crippen LogP contribution in [-0.4, -0.2) is 32.1 Å². The van der Waals surface area contributed by atoms with Gasteiger partial charge in [-0.25, -0.2) is 0 Å². The monoisotopic (exact) mass is 461 g/mol. The van der Waals surface area contributed by atoms with Crippen LogP contribution in [0.3, 0.4) is 0 Å². The van der Waals surface area contributed by atoms with Crippen molar-refractivity contribution in [2.45, 2.75) is 38.1 Å². The van der Waals surface area contributed by atoms with Crippen molar-refractivity contribution in [1.29, 1.82) is 0 Å². The fraction of sp³-hybridized carbons (Fsp3) is 0.280. The lowest BCUT2D eigenvalue weighted by Gasteiger charge is -2.23. The van der Waals surface area contributed by atoms with Crippen LogP contribution >= 0.6 is 0 Å². The van der Waals surface area contributed by atoms with Gasteiger partial charge in [0, 0.05) is 10.9 Å². The lowest BCUT2D eigenvalue weighted by Crippen LogP contribution is -2.16. The number of rotatable bonds is 3. The van der Waals surface area contributed by atoms with Gasteiger partial charge in [0.05, 0.1) is 24.1 Å². The van der Waals surface area contributed by atoms with E-state index >= 15 is 0 Å². The summed E-state index contributed by atoms with van der Waals surface area (Å²) in [6.07, 6.45) is 5.26. The second-order valence-corrected chi connectivity index (χ2v) is 8.81. The van der Waals surface area contributed by atoms with E-state index in [9.17, 15) is 19.8 Å². The zero-order valence-corrected chi connectivity index (χ0v) is 18.5. The third-order valence-electron chi connectivity index (χ3n) is 6.85. The molecule has 2 aromatic carbocycles. The van der Waals surface area contributed by atoms with E-state index in [1.165, 1.54) is 25.7 Å². The summed E-state index contributed by atoms with van der Waals surface area (Å²) in [6, 6.07) is 7.88. The third-order valence-corrected chi connectivity index (χ3v) is 6.85. The summed E-state index contributed by atoms with van der Waals surface area (Å²) in [6.45, 7) is 0. The molecule has 9 nitrogen and oxygen atoms in total. The number of phenolic OH excluding ortho intramolecular Hbond substituents is 2. The lowest BCUT2D eigenvalue weighted by molar-refractivity contribution is 0.335. The van der Waals surface area contributed by atoms with E-state index in [4.69, 9.17) is 9.15 Å². The van der Waals surface area contributed by atoms with E-state index in [1.807, 2.05) is 4.68 Å². The Labute approximate surface area is 192 Å². The minimum Gasteiger partial charge on any atom is -0.504 e. The maximum absolute atomic E-state index is 13.3. The molecule has 9 heteroatoms. The van der Waals surface area contributed by atoms with Crippen LogP contribution in [0.15, 0.2) is 44.3 Å². The number of methoxy groups -OCH3 is 1. The highest BCUT2D eigenvalue weighted by Crippen LogP contribution is 2.42. The van der Waals surface area contributed by atoms with Gasteiger partial charge in [0.2, 0.25) is 11.2 Å². The minimum absolute atomic E-state index is 0.0473. The molecule has 0 bridgehead atoms. The molecule has 6 rings (SSSR count). The first kappa shape index (κ1) is 20.5. The first-order valence-corrected chi connectivity index (χ1v) is 11.3. The number of furan rings is 1. The molecule has 3 aromatic heterocycles. The first-order valence-electron chi connectivity index (χ1n) is 11.3. The van der Waals surface area contributed by atoms with E-state index in [1.54, 1.807) is 18.2 Å². The Morgan fingerprint density at radius 2 is 1.85 bits per heavy atom. The molecule has 0 spiro atoms. The molecule has 0 radical (unpaired) electrons. The molecule has 34 heavy (non-hydrogen) atoms. The Bertz CT molecular complexity index is 1700. The highest BCUT2D eigenvalue weighted by Gasteiger charge is 2.26. The van der Waals surface area contributed by atoms with Gasteiger partial charge >= 0.3 is 0 Å². The van der Waals surface area contributed by atoms with E-state index in [-0.39, 0.29) is 22.9 Å². The Morgan fingerprint density at radius 1 is 1.06 bits per heavy atom. The maximum atomic E-state index is 13.3. The van der Waals surface area contributed by atoms with Gasteiger partial charge in [-0.15, -0.1) is 0 Å². The number of hydrogen-bond acceptors (Lipinski definition) is 6. The zero-order chi connectivity index (χ0) is 23.6. The maximum Gasteiger partial charge on any atom is 0.274 e. The molecule has 1 aliphatic carbocycles. The van der Waals surface area contributed by atoms with Gasteiger partial charge in [-0.05, 0) is 42.7 Å². The number of fused-ring (bicyclic) bond motifs is 4. The average Bonchev–Trinajstić information content (AvgIpc) is 3.38. The van der Waals surface area contributed by atoms with Crippen molar-refractivity contribution in [2.75, 3.05) is 7.11 Å². The largest absolute Gasteiger partial charge is 0.504 e. The fourth-order valence-electron chi connectivity index (χ4n) is 5.20. The number of aromatic amines is 2. The molecule has 0 atom stereocenters. The van der Waals surface area contributed by atoms with Crippen LogP contribution in [0.2, 0.25) is 0 Å². The molecule has 0 saturated heterocycles. The number of hydrogen-bond donors (Lipinski definition) is 4. The summed E-state index contributed by atoms with van der Waals surface area (Å²) < 4.78 is 13.1. The van der Waals surface area contributed by atoms with Crippen LogP contribution in [0.1, 0.15) is 38.1 Å². The second-order valence-electron chi connectivity index (χ2n) is 8.81. The molecule has 1 saturated carbocycles. The number of benzene rings is 2. The molecule has 5 aromatic rings. The summed E-state index contributed by atoms with van der Waals surface area (Å²) in [5.74, 6) is -0.275. The summed E-state index contributed by atoms with van der Waals surface area (Å²) in [7, 11) is 1.46. The van der Waals surface area contributed by atoms with Crippen molar-refractivity contribution < 1.29 is 19.4 Å². The fourth-order valence-corrected chi connectivity index (χ4v) is 5.20. The minimum atomic E-state index is -0.552. The van der Waals surface area contributed by atoms with Gasteiger partial charge < -0.3 is 24.4 Å². The Kier molecular flexibility index (Phi) is 4.48. The Hall–Kier alpha value is -4.14. The Balaban J connectivity index is 1.77. The summed E-state index contributed by atoms with van der Waals surface area (Å²) in [4.78, 5) is 28.7. The van der Waals surface area contributed by atoms with E-state index in [0.29, 0.717) is 44.4 Å². The summed E-state index contributed by atoms with van der Waals surface area (Å²) in [5, 5.41) is 24.8. The van der Waals surface area contributed by atoms with Gasteiger partial charge in [-0.1, -0.05) is 25.3 Å². The van der Waals surface area contributed by atoms with Gasteiger partial charge in [0.25, 0.3) is 5.56 Å². The van der Waals surface area contributed by atoms with Crippen LogP contribution in [-0.2, 0) is 0 Å². The molecule has 0 amide bonds. The quantitative estimate of drug-likeness (QED) is 0.312. The number of aromatic hydroxyl groups is 2. The van der Waals surface area contributed by atoms with Gasteiger partial charge in [0.15, 0.2) is 22.7 Å². The molecule has 1 aliphatic rings. The topological polar surface area (TPSA) is 133 Å². The highest BCUT2D eigenvalue weighted by molar-refractivity contribution is 6.15. The first-order chi connectivity index (χ1) is 16.5. The zero-order valence-electron chi connectivity index (χ0n) is 18.5. The number of phenols is 2. The molecule has 174 valence electrons. The second kappa shape index (κ2) is 7.44.